The standard InChI is InChI=1S/C17H16O3/c18-9-8-13-4-6-14(7-5-13)15-2-1-3-16(12-15)17-19-10-11-20-17/h1-7,9,12,17H,8,10-11H2. The van der Waals surface area contributed by atoms with Gasteiger partial charge in [-0.05, 0) is 22.8 Å². The van der Waals surface area contributed by atoms with Crippen molar-refractivity contribution in [2.24, 2.45) is 0 Å². The van der Waals surface area contributed by atoms with Crippen LogP contribution in [0.2, 0.25) is 0 Å². The maximum absolute atomic E-state index is 10.5. The predicted molar refractivity (Wildman–Crippen MR) is 76.3 cm³/mol. The summed E-state index contributed by atoms with van der Waals surface area (Å²) in [5.74, 6) is 0. The van der Waals surface area contributed by atoms with E-state index in [2.05, 4.69) is 12.1 Å². The van der Waals surface area contributed by atoms with Crippen molar-refractivity contribution >= 4 is 6.29 Å². The number of carbonyl (C=O) groups is 1. The second-order valence-electron chi connectivity index (χ2n) is 4.77. The molecule has 0 aromatic heterocycles. The van der Waals surface area contributed by atoms with E-state index in [4.69, 9.17) is 9.47 Å². The monoisotopic (exact) mass is 268 g/mol. The molecule has 0 bridgehead atoms. The fourth-order valence-corrected chi connectivity index (χ4v) is 2.35. The molecule has 102 valence electrons. The first-order valence-electron chi connectivity index (χ1n) is 6.73. The quantitative estimate of drug-likeness (QED) is 0.799. The van der Waals surface area contributed by atoms with Gasteiger partial charge in [0.1, 0.15) is 6.29 Å². The van der Waals surface area contributed by atoms with Crippen molar-refractivity contribution < 1.29 is 14.3 Å². The SMILES string of the molecule is O=CCc1ccc(-c2cccc(C3OCCO3)c2)cc1. The van der Waals surface area contributed by atoms with E-state index < -0.39 is 0 Å². The van der Waals surface area contributed by atoms with Crippen molar-refractivity contribution in [3.8, 4) is 11.1 Å². The minimum absolute atomic E-state index is 0.246. The average Bonchev–Trinajstić information content (AvgIpc) is 3.03. The third-order valence-electron chi connectivity index (χ3n) is 3.39. The van der Waals surface area contributed by atoms with Crippen molar-refractivity contribution in [2.75, 3.05) is 13.2 Å². The summed E-state index contributed by atoms with van der Waals surface area (Å²) in [4.78, 5) is 10.5. The first kappa shape index (κ1) is 13.0. The van der Waals surface area contributed by atoms with Gasteiger partial charge in [-0.25, -0.2) is 0 Å². The zero-order valence-corrected chi connectivity index (χ0v) is 11.1. The highest BCUT2D eigenvalue weighted by Crippen LogP contribution is 2.28. The molecule has 3 nitrogen and oxygen atoms in total. The summed E-state index contributed by atoms with van der Waals surface area (Å²) in [6.45, 7) is 1.30. The van der Waals surface area contributed by atoms with Gasteiger partial charge in [-0.1, -0.05) is 42.5 Å². The molecule has 0 unspecified atom stereocenters. The summed E-state index contributed by atoms with van der Waals surface area (Å²) in [6.07, 6.45) is 1.14. The Morgan fingerprint density at radius 2 is 1.75 bits per heavy atom. The molecule has 1 saturated heterocycles. The summed E-state index contributed by atoms with van der Waals surface area (Å²) in [6, 6.07) is 16.2. The van der Waals surface area contributed by atoms with Crippen LogP contribution in [0.15, 0.2) is 48.5 Å². The van der Waals surface area contributed by atoms with Crippen LogP contribution >= 0.6 is 0 Å². The first-order chi connectivity index (χ1) is 9.86. The lowest BCUT2D eigenvalue weighted by Crippen LogP contribution is -1.97. The van der Waals surface area contributed by atoms with Crippen LogP contribution in [0.25, 0.3) is 11.1 Å². The molecule has 2 aromatic carbocycles. The van der Waals surface area contributed by atoms with E-state index >= 15 is 0 Å². The van der Waals surface area contributed by atoms with E-state index in [9.17, 15) is 4.79 Å². The summed E-state index contributed by atoms with van der Waals surface area (Å²) in [7, 11) is 0. The molecule has 0 amide bonds. The van der Waals surface area contributed by atoms with Gasteiger partial charge in [0.05, 0.1) is 13.2 Å². The van der Waals surface area contributed by atoms with E-state index in [1.165, 1.54) is 0 Å². The smallest absolute Gasteiger partial charge is 0.184 e. The van der Waals surface area contributed by atoms with Crippen molar-refractivity contribution in [3.05, 3.63) is 59.7 Å². The third kappa shape index (κ3) is 2.79. The molecule has 20 heavy (non-hydrogen) atoms. The fourth-order valence-electron chi connectivity index (χ4n) is 2.35. The Morgan fingerprint density at radius 1 is 1.00 bits per heavy atom. The summed E-state index contributed by atoms with van der Waals surface area (Å²) >= 11 is 0. The van der Waals surface area contributed by atoms with E-state index in [0.717, 1.165) is 28.5 Å². The third-order valence-corrected chi connectivity index (χ3v) is 3.39. The fraction of sp³-hybridized carbons (Fsp3) is 0.235. The lowest BCUT2D eigenvalue weighted by molar-refractivity contribution is -0.107. The van der Waals surface area contributed by atoms with Gasteiger partial charge in [-0.3, -0.25) is 0 Å². The number of aldehydes is 1. The van der Waals surface area contributed by atoms with Gasteiger partial charge in [0.25, 0.3) is 0 Å². The molecule has 1 heterocycles. The highest BCUT2D eigenvalue weighted by Gasteiger charge is 2.18. The van der Waals surface area contributed by atoms with Gasteiger partial charge in [-0.2, -0.15) is 0 Å². The van der Waals surface area contributed by atoms with Crippen LogP contribution in [-0.4, -0.2) is 19.5 Å². The second kappa shape index (κ2) is 5.99. The molecule has 0 aliphatic carbocycles. The second-order valence-corrected chi connectivity index (χ2v) is 4.77. The molecule has 0 N–H and O–H groups in total. The zero-order chi connectivity index (χ0) is 13.8. The molecule has 3 rings (SSSR count). The molecule has 0 radical (unpaired) electrons. The van der Waals surface area contributed by atoms with Crippen molar-refractivity contribution in [2.45, 2.75) is 12.7 Å². The number of carbonyl (C=O) groups excluding carboxylic acids is 1. The van der Waals surface area contributed by atoms with Crippen molar-refractivity contribution in [1.29, 1.82) is 0 Å². The van der Waals surface area contributed by atoms with Crippen molar-refractivity contribution in [1.82, 2.24) is 0 Å². The molecule has 1 fully saturated rings. The van der Waals surface area contributed by atoms with E-state index in [-0.39, 0.29) is 6.29 Å². The summed E-state index contributed by atoms with van der Waals surface area (Å²) in [5, 5.41) is 0. The Balaban J connectivity index is 1.85. The molecule has 0 spiro atoms. The van der Waals surface area contributed by atoms with Gasteiger partial charge < -0.3 is 14.3 Å². The molecule has 1 aliphatic rings. The van der Waals surface area contributed by atoms with E-state index in [1.807, 2.05) is 36.4 Å². The van der Waals surface area contributed by atoms with Gasteiger partial charge >= 0.3 is 0 Å². The molecule has 0 saturated carbocycles. The molecular formula is C17H16O3. The van der Waals surface area contributed by atoms with Crippen LogP contribution in [0.3, 0.4) is 0 Å². The van der Waals surface area contributed by atoms with Crippen LogP contribution < -0.4 is 0 Å². The Bertz CT molecular complexity index is 583. The Labute approximate surface area is 118 Å². The zero-order valence-electron chi connectivity index (χ0n) is 11.1. The summed E-state index contributed by atoms with van der Waals surface area (Å²) < 4.78 is 11.0. The number of hydrogen-bond donors (Lipinski definition) is 0. The highest BCUT2D eigenvalue weighted by atomic mass is 16.7. The van der Waals surface area contributed by atoms with Crippen LogP contribution in [0.4, 0.5) is 0 Å². The number of rotatable bonds is 4. The Morgan fingerprint density at radius 3 is 2.45 bits per heavy atom. The first-order valence-corrected chi connectivity index (χ1v) is 6.73. The number of hydrogen-bond acceptors (Lipinski definition) is 3. The van der Waals surface area contributed by atoms with Crippen LogP contribution in [0.1, 0.15) is 17.4 Å². The molecule has 3 heteroatoms. The predicted octanol–water partition coefficient (Wildman–Crippen LogP) is 3.14. The van der Waals surface area contributed by atoms with Crippen LogP contribution in [0.5, 0.6) is 0 Å². The molecule has 0 atom stereocenters. The van der Waals surface area contributed by atoms with Crippen LogP contribution in [-0.2, 0) is 20.7 Å². The van der Waals surface area contributed by atoms with Crippen molar-refractivity contribution in [3.63, 3.8) is 0 Å². The molecule has 1 aliphatic heterocycles. The number of benzene rings is 2. The molecular weight excluding hydrogens is 252 g/mol. The van der Waals surface area contributed by atoms with Gasteiger partial charge in [0, 0.05) is 12.0 Å². The largest absolute Gasteiger partial charge is 0.346 e. The maximum Gasteiger partial charge on any atom is 0.184 e. The topological polar surface area (TPSA) is 35.5 Å². The van der Waals surface area contributed by atoms with Gasteiger partial charge in [-0.15, -0.1) is 0 Å². The van der Waals surface area contributed by atoms with E-state index in [0.29, 0.717) is 19.6 Å². The lowest BCUT2D eigenvalue weighted by atomic mass is 10.0. The Kier molecular flexibility index (Phi) is 3.90. The maximum atomic E-state index is 10.5. The van der Waals surface area contributed by atoms with Crippen LogP contribution in [0, 0.1) is 0 Å². The summed E-state index contributed by atoms with van der Waals surface area (Å²) in [5.41, 5.74) is 4.32. The van der Waals surface area contributed by atoms with Gasteiger partial charge in [0.15, 0.2) is 6.29 Å². The minimum Gasteiger partial charge on any atom is -0.346 e. The normalized spacial score (nSPS) is 15.4. The van der Waals surface area contributed by atoms with E-state index in [1.54, 1.807) is 0 Å². The Hall–Kier alpha value is -1.97. The lowest BCUT2D eigenvalue weighted by Gasteiger charge is -2.11. The van der Waals surface area contributed by atoms with Gasteiger partial charge in [0.2, 0.25) is 0 Å². The average molecular weight is 268 g/mol. The number of ether oxygens (including phenoxy) is 2. The minimum atomic E-state index is -0.246. The highest BCUT2D eigenvalue weighted by molar-refractivity contribution is 5.65. The molecule has 2 aromatic rings.